The topological polar surface area (TPSA) is 150 Å². The van der Waals surface area contributed by atoms with Crippen molar-refractivity contribution in [3.63, 3.8) is 0 Å². The van der Waals surface area contributed by atoms with Gasteiger partial charge in [0.2, 0.25) is 5.91 Å². The first-order valence-electron chi connectivity index (χ1n) is 15.6. The molecule has 1 saturated carbocycles. The molecule has 2 fully saturated rings. The monoisotopic (exact) mass is 605 g/mol. The van der Waals surface area contributed by atoms with Crippen LogP contribution >= 0.6 is 0 Å². The fraction of sp³-hybridized carbons (Fsp3) is 0.545. The number of carbonyl (C=O) groups excluding carboxylic acids is 4. The van der Waals surface area contributed by atoms with Gasteiger partial charge in [0, 0.05) is 11.9 Å². The molecule has 236 valence electrons. The minimum atomic E-state index is -1.12. The van der Waals surface area contributed by atoms with Gasteiger partial charge in [-0.1, -0.05) is 44.2 Å². The molecule has 5 rings (SSSR count). The Morgan fingerprint density at radius 1 is 0.977 bits per heavy atom. The molecular formula is C33H43N5O6. The number of aromatic nitrogens is 1. The number of fused-ring (bicyclic) bond motifs is 4. The van der Waals surface area contributed by atoms with E-state index in [1.807, 2.05) is 49.4 Å². The van der Waals surface area contributed by atoms with Gasteiger partial charge < -0.3 is 20.5 Å². The van der Waals surface area contributed by atoms with Gasteiger partial charge in [0.1, 0.15) is 12.1 Å². The summed E-state index contributed by atoms with van der Waals surface area (Å²) >= 11 is 0. The SMILES string of the molecule is CC(C)[C@H]1OC(=O)C2(/C=C\c3ccc4ccc(nc4c3)[C@@H](C)NC(=O)[C@@H]3CCCN(N3)C(=O)[C@H](C)NC1=O)CCC(O)CC2. The lowest BCUT2D eigenvalue weighted by Gasteiger charge is -2.36. The second kappa shape index (κ2) is 13.0. The lowest BCUT2D eigenvalue weighted by atomic mass is 9.72. The number of cyclic esters (lactones) is 1. The predicted molar refractivity (Wildman–Crippen MR) is 164 cm³/mol. The van der Waals surface area contributed by atoms with E-state index in [0.717, 1.165) is 16.5 Å². The van der Waals surface area contributed by atoms with E-state index in [-0.39, 0.29) is 17.9 Å². The molecule has 44 heavy (non-hydrogen) atoms. The number of hydrogen-bond acceptors (Lipinski definition) is 8. The van der Waals surface area contributed by atoms with Crippen LogP contribution in [0.15, 0.2) is 36.4 Å². The molecule has 11 nitrogen and oxygen atoms in total. The molecule has 4 N–H and O–H groups in total. The highest BCUT2D eigenvalue weighted by molar-refractivity contribution is 5.92. The highest BCUT2D eigenvalue weighted by Gasteiger charge is 2.43. The Hall–Kier alpha value is -3.83. The summed E-state index contributed by atoms with van der Waals surface area (Å²) in [5.74, 6) is -2.09. The fourth-order valence-electron chi connectivity index (χ4n) is 6.15. The summed E-state index contributed by atoms with van der Waals surface area (Å²) in [4.78, 5) is 58.7. The minimum absolute atomic E-state index is 0.245. The second-order valence-corrected chi connectivity index (χ2v) is 12.8. The highest BCUT2D eigenvalue weighted by atomic mass is 16.5. The number of aliphatic hydroxyl groups excluding tert-OH is 1. The number of hydrogen-bond donors (Lipinski definition) is 4. The third kappa shape index (κ3) is 6.78. The van der Waals surface area contributed by atoms with Crippen molar-refractivity contribution < 1.29 is 29.0 Å². The van der Waals surface area contributed by atoms with Gasteiger partial charge >= 0.3 is 5.97 Å². The Kier molecular flexibility index (Phi) is 9.36. The number of pyridine rings is 1. The van der Waals surface area contributed by atoms with Crippen molar-refractivity contribution in [3.05, 3.63) is 47.7 Å². The van der Waals surface area contributed by atoms with Gasteiger partial charge in [-0.15, -0.1) is 0 Å². The molecule has 2 aromatic rings. The van der Waals surface area contributed by atoms with Crippen LogP contribution in [0.4, 0.5) is 0 Å². The summed E-state index contributed by atoms with van der Waals surface area (Å²) < 4.78 is 5.93. The first kappa shape index (κ1) is 31.6. The number of rotatable bonds is 1. The Morgan fingerprint density at radius 3 is 2.41 bits per heavy atom. The highest BCUT2D eigenvalue weighted by Crippen LogP contribution is 2.40. The zero-order chi connectivity index (χ0) is 31.6. The van der Waals surface area contributed by atoms with Crippen LogP contribution in [0.3, 0.4) is 0 Å². The van der Waals surface area contributed by atoms with Crippen molar-refractivity contribution in [2.75, 3.05) is 6.54 Å². The molecule has 5 bridgehead atoms. The average Bonchev–Trinajstić information content (AvgIpc) is 3.01. The Labute approximate surface area is 257 Å². The van der Waals surface area contributed by atoms with Crippen molar-refractivity contribution in [2.24, 2.45) is 11.3 Å². The Bertz CT molecular complexity index is 1450. The van der Waals surface area contributed by atoms with E-state index < -0.39 is 47.5 Å². The lowest BCUT2D eigenvalue weighted by Crippen LogP contribution is -2.61. The van der Waals surface area contributed by atoms with Gasteiger partial charge in [0.05, 0.1) is 28.8 Å². The molecule has 1 saturated heterocycles. The zero-order valence-corrected chi connectivity index (χ0v) is 25.8. The summed E-state index contributed by atoms with van der Waals surface area (Å²) in [6, 6.07) is 7.74. The van der Waals surface area contributed by atoms with Crippen LogP contribution in [-0.4, -0.2) is 69.6 Å². The van der Waals surface area contributed by atoms with E-state index in [9.17, 15) is 24.3 Å². The number of esters is 1. The van der Waals surface area contributed by atoms with Crippen LogP contribution in [0.5, 0.6) is 0 Å². The van der Waals surface area contributed by atoms with Crippen molar-refractivity contribution in [1.29, 1.82) is 0 Å². The maximum atomic E-state index is 13.9. The zero-order valence-electron chi connectivity index (χ0n) is 25.8. The summed E-state index contributed by atoms with van der Waals surface area (Å²) in [6.45, 7) is 7.39. The number of hydrazine groups is 1. The number of nitrogens with zero attached hydrogens (tertiary/aromatic N) is 2. The van der Waals surface area contributed by atoms with E-state index in [0.29, 0.717) is 50.8 Å². The number of benzene rings is 1. The number of ether oxygens (including phenoxy) is 1. The Balaban J connectivity index is 1.53. The maximum absolute atomic E-state index is 13.9. The Morgan fingerprint density at radius 2 is 1.68 bits per heavy atom. The smallest absolute Gasteiger partial charge is 0.316 e. The summed E-state index contributed by atoms with van der Waals surface area (Å²) in [6.07, 6.45) is 4.84. The largest absolute Gasteiger partial charge is 0.451 e. The molecule has 1 aliphatic carbocycles. The third-order valence-corrected chi connectivity index (χ3v) is 8.98. The molecule has 2 aliphatic heterocycles. The fourth-order valence-corrected chi connectivity index (χ4v) is 6.15. The number of carbonyl (C=O) groups is 4. The molecule has 1 aromatic carbocycles. The third-order valence-electron chi connectivity index (χ3n) is 8.98. The molecule has 4 atom stereocenters. The first-order chi connectivity index (χ1) is 21.0. The van der Waals surface area contributed by atoms with Crippen LogP contribution in [0, 0.1) is 11.3 Å². The molecular weight excluding hydrogens is 562 g/mol. The van der Waals surface area contributed by atoms with Gasteiger partial charge in [-0.25, -0.2) is 5.43 Å². The van der Waals surface area contributed by atoms with Gasteiger partial charge in [0.25, 0.3) is 11.8 Å². The predicted octanol–water partition coefficient (Wildman–Crippen LogP) is 2.93. The molecule has 3 amide bonds. The van der Waals surface area contributed by atoms with Crippen LogP contribution in [0.2, 0.25) is 0 Å². The van der Waals surface area contributed by atoms with Gasteiger partial charge in [-0.3, -0.25) is 29.2 Å². The van der Waals surface area contributed by atoms with Gasteiger partial charge in [0.15, 0.2) is 6.10 Å². The van der Waals surface area contributed by atoms with Crippen molar-refractivity contribution in [1.82, 2.24) is 26.1 Å². The van der Waals surface area contributed by atoms with E-state index in [1.54, 1.807) is 20.8 Å². The van der Waals surface area contributed by atoms with Crippen molar-refractivity contribution in [3.8, 4) is 0 Å². The van der Waals surface area contributed by atoms with E-state index in [4.69, 9.17) is 9.72 Å². The summed E-state index contributed by atoms with van der Waals surface area (Å²) in [7, 11) is 0. The van der Waals surface area contributed by atoms with Crippen LogP contribution in [0.25, 0.3) is 17.0 Å². The molecule has 3 aliphatic rings. The van der Waals surface area contributed by atoms with Gasteiger partial charge in [-0.2, -0.15) is 0 Å². The average molecular weight is 606 g/mol. The van der Waals surface area contributed by atoms with Crippen LogP contribution < -0.4 is 16.1 Å². The standard InChI is InChI=1S/C33H43N5O6/c1-19(2)28-30(41)35-21(4)31(42)38-17-5-6-26(37-38)29(40)34-20(3)25-10-9-23-8-7-22(18-27(23)36-25)11-14-33(32(43)44-28)15-12-24(39)13-16-33/h7-11,14,18-21,24,26,28,37,39H,5-6,12-13,15-17H2,1-4H3,(H,34,40)(H,35,41)/b14-11-/t20-,21+,24?,26+,28-,33?/m1/s1. The maximum Gasteiger partial charge on any atom is 0.316 e. The first-order valence-corrected chi connectivity index (χ1v) is 15.6. The van der Waals surface area contributed by atoms with Crippen LogP contribution in [0.1, 0.15) is 83.5 Å². The van der Waals surface area contributed by atoms with E-state index in [2.05, 4.69) is 16.1 Å². The quantitative estimate of drug-likeness (QED) is 0.363. The summed E-state index contributed by atoms with van der Waals surface area (Å²) in [5, 5.41) is 18.3. The molecule has 1 aromatic heterocycles. The van der Waals surface area contributed by atoms with E-state index >= 15 is 0 Å². The molecule has 0 unspecified atom stereocenters. The number of aliphatic hydroxyl groups is 1. The molecule has 11 heteroatoms. The van der Waals surface area contributed by atoms with E-state index in [1.165, 1.54) is 5.01 Å². The molecule has 0 radical (unpaired) electrons. The minimum Gasteiger partial charge on any atom is -0.451 e. The molecule has 3 heterocycles. The van der Waals surface area contributed by atoms with Crippen molar-refractivity contribution >= 4 is 40.7 Å². The second-order valence-electron chi connectivity index (χ2n) is 12.8. The summed E-state index contributed by atoms with van der Waals surface area (Å²) in [5.41, 5.74) is 4.27. The number of amides is 3. The van der Waals surface area contributed by atoms with Gasteiger partial charge in [-0.05, 0) is 76.0 Å². The number of nitrogens with one attached hydrogen (secondary N) is 3. The molecule has 1 spiro atoms. The van der Waals surface area contributed by atoms with Crippen LogP contribution in [-0.2, 0) is 23.9 Å². The normalized spacial score (nSPS) is 31.5. The van der Waals surface area contributed by atoms with Crippen molar-refractivity contribution in [2.45, 2.75) is 96.6 Å². The lowest BCUT2D eigenvalue weighted by molar-refractivity contribution is -0.168.